The normalized spacial score (nSPS) is 13.9. The molecule has 0 fully saturated rings. The van der Waals surface area contributed by atoms with E-state index in [0.717, 1.165) is 35.2 Å². The maximum absolute atomic E-state index is 12.7. The van der Waals surface area contributed by atoms with Crippen LogP contribution < -0.4 is 9.64 Å². The standard InChI is InChI=1S/C30H30N2O3/c1-2-35-26-14-11-23(12-15-26)30(34)16-13-24-19-32(29-10-6-4-8-27(24)29)21-25(33)20-31-18-17-22-7-3-5-9-28(22)31/h3-16,19,25,33H,2,17-18,20-21H2,1H3/b16-13+/t25-/m1/s1. The van der Waals surface area contributed by atoms with Crippen molar-refractivity contribution in [3.05, 3.63) is 102 Å². The number of para-hydroxylation sites is 2. The van der Waals surface area contributed by atoms with Crippen molar-refractivity contribution in [3.8, 4) is 5.75 Å². The van der Waals surface area contributed by atoms with Gasteiger partial charge in [-0.15, -0.1) is 0 Å². The number of allylic oxidation sites excluding steroid dienone is 1. The zero-order chi connectivity index (χ0) is 24.2. The lowest BCUT2D eigenvalue weighted by molar-refractivity contribution is 0.104. The highest BCUT2D eigenvalue weighted by Gasteiger charge is 2.21. The van der Waals surface area contributed by atoms with Crippen LogP contribution in [-0.2, 0) is 13.0 Å². The van der Waals surface area contributed by atoms with Gasteiger partial charge in [0.25, 0.3) is 0 Å². The number of anilines is 1. The molecule has 3 aromatic carbocycles. The molecule has 0 saturated carbocycles. The highest BCUT2D eigenvalue weighted by atomic mass is 16.5. The van der Waals surface area contributed by atoms with E-state index in [0.29, 0.717) is 25.3 Å². The largest absolute Gasteiger partial charge is 0.494 e. The van der Waals surface area contributed by atoms with Crippen LogP contribution in [0.1, 0.15) is 28.4 Å². The molecule has 0 amide bonds. The SMILES string of the molecule is CCOc1ccc(C(=O)/C=C/c2cn(C[C@H](O)CN3CCc4ccccc43)c3ccccc23)cc1. The van der Waals surface area contributed by atoms with E-state index in [1.165, 1.54) is 11.3 Å². The van der Waals surface area contributed by atoms with Crippen molar-refractivity contribution in [1.82, 2.24) is 4.57 Å². The molecule has 0 bridgehead atoms. The van der Waals surface area contributed by atoms with Crippen molar-refractivity contribution in [2.75, 3.05) is 24.6 Å². The molecular weight excluding hydrogens is 436 g/mol. The Kier molecular flexibility index (Phi) is 6.68. The molecule has 4 aromatic rings. The van der Waals surface area contributed by atoms with E-state index in [9.17, 15) is 9.90 Å². The summed E-state index contributed by atoms with van der Waals surface area (Å²) in [5.41, 5.74) is 5.19. The van der Waals surface area contributed by atoms with Crippen LogP contribution in [0.25, 0.3) is 17.0 Å². The number of ether oxygens (including phenoxy) is 1. The van der Waals surface area contributed by atoms with E-state index in [-0.39, 0.29) is 5.78 Å². The Morgan fingerprint density at radius 1 is 1.03 bits per heavy atom. The number of carbonyl (C=O) groups excluding carboxylic acids is 1. The summed E-state index contributed by atoms with van der Waals surface area (Å²) in [6.07, 6.45) is 6.00. The molecule has 178 valence electrons. The fourth-order valence-electron chi connectivity index (χ4n) is 4.84. The van der Waals surface area contributed by atoms with Crippen LogP contribution in [-0.4, -0.2) is 41.3 Å². The van der Waals surface area contributed by atoms with Gasteiger partial charge in [-0.2, -0.15) is 0 Å². The lowest BCUT2D eigenvalue weighted by atomic mass is 10.1. The quantitative estimate of drug-likeness (QED) is 0.267. The molecule has 2 heterocycles. The van der Waals surface area contributed by atoms with Crippen LogP contribution in [0.4, 0.5) is 5.69 Å². The first kappa shape index (κ1) is 22.9. The number of hydrogen-bond acceptors (Lipinski definition) is 4. The molecule has 0 aliphatic carbocycles. The molecule has 1 aromatic heterocycles. The summed E-state index contributed by atoms with van der Waals surface area (Å²) < 4.78 is 7.54. The zero-order valence-electron chi connectivity index (χ0n) is 19.9. The number of aliphatic hydroxyl groups is 1. The molecule has 5 rings (SSSR count). The monoisotopic (exact) mass is 466 g/mol. The molecule has 0 spiro atoms. The minimum atomic E-state index is -0.515. The summed E-state index contributed by atoms with van der Waals surface area (Å²) in [7, 11) is 0. The Morgan fingerprint density at radius 2 is 1.80 bits per heavy atom. The van der Waals surface area contributed by atoms with Gasteiger partial charge in [0.2, 0.25) is 0 Å². The second-order valence-electron chi connectivity index (χ2n) is 8.89. The van der Waals surface area contributed by atoms with E-state index >= 15 is 0 Å². The summed E-state index contributed by atoms with van der Waals surface area (Å²) in [6.45, 7) is 4.54. The van der Waals surface area contributed by atoms with Gasteiger partial charge in [0, 0.05) is 47.0 Å². The summed E-state index contributed by atoms with van der Waals surface area (Å²) in [4.78, 5) is 15.0. The predicted molar refractivity (Wildman–Crippen MR) is 141 cm³/mol. The lowest BCUT2D eigenvalue weighted by Gasteiger charge is -2.23. The molecule has 0 unspecified atom stereocenters. The second kappa shape index (κ2) is 10.2. The van der Waals surface area contributed by atoms with E-state index in [2.05, 4.69) is 45.9 Å². The number of benzene rings is 3. The van der Waals surface area contributed by atoms with Gasteiger partial charge < -0.3 is 19.3 Å². The van der Waals surface area contributed by atoms with Gasteiger partial charge in [-0.05, 0) is 67.5 Å². The van der Waals surface area contributed by atoms with Crippen LogP contribution in [0, 0.1) is 0 Å². The third-order valence-electron chi connectivity index (χ3n) is 6.51. The first-order valence-corrected chi connectivity index (χ1v) is 12.2. The topological polar surface area (TPSA) is 54.7 Å². The first-order chi connectivity index (χ1) is 17.1. The number of aromatic nitrogens is 1. The van der Waals surface area contributed by atoms with Gasteiger partial charge in [-0.1, -0.05) is 36.4 Å². The number of hydrogen-bond donors (Lipinski definition) is 1. The van der Waals surface area contributed by atoms with Crippen molar-refractivity contribution in [2.24, 2.45) is 0 Å². The molecular formula is C30H30N2O3. The van der Waals surface area contributed by atoms with Crippen molar-refractivity contribution < 1.29 is 14.6 Å². The molecule has 0 saturated heterocycles. The van der Waals surface area contributed by atoms with Crippen molar-refractivity contribution in [2.45, 2.75) is 26.0 Å². The number of β-amino-alcohol motifs (C(OH)–C–C–N with tert-alkyl or cyclic N) is 1. The Bertz CT molecular complexity index is 1350. The van der Waals surface area contributed by atoms with E-state index in [1.54, 1.807) is 18.2 Å². The van der Waals surface area contributed by atoms with Gasteiger partial charge in [0.05, 0.1) is 19.3 Å². The van der Waals surface area contributed by atoms with E-state index in [1.807, 2.05) is 43.5 Å². The predicted octanol–water partition coefficient (Wildman–Crippen LogP) is 5.36. The van der Waals surface area contributed by atoms with Gasteiger partial charge in [-0.25, -0.2) is 0 Å². The van der Waals surface area contributed by atoms with Crippen molar-refractivity contribution in [1.29, 1.82) is 0 Å². The zero-order valence-corrected chi connectivity index (χ0v) is 19.9. The van der Waals surface area contributed by atoms with Crippen molar-refractivity contribution in [3.63, 3.8) is 0 Å². The highest BCUT2D eigenvalue weighted by Crippen LogP contribution is 2.28. The van der Waals surface area contributed by atoms with Crippen LogP contribution in [0.2, 0.25) is 0 Å². The molecule has 35 heavy (non-hydrogen) atoms. The minimum absolute atomic E-state index is 0.0578. The van der Waals surface area contributed by atoms with Gasteiger partial charge in [-0.3, -0.25) is 4.79 Å². The number of fused-ring (bicyclic) bond motifs is 2. The van der Waals surface area contributed by atoms with E-state index < -0.39 is 6.10 Å². The van der Waals surface area contributed by atoms with Gasteiger partial charge in [0.1, 0.15) is 5.75 Å². The highest BCUT2D eigenvalue weighted by molar-refractivity contribution is 6.07. The molecule has 1 atom stereocenters. The average molecular weight is 467 g/mol. The fraction of sp³-hybridized carbons (Fsp3) is 0.233. The van der Waals surface area contributed by atoms with Crippen LogP contribution in [0.5, 0.6) is 5.75 Å². The average Bonchev–Trinajstić information content (AvgIpc) is 3.44. The molecule has 5 nitrogen and oxygen atoms in total. The third-order valence-corrected chi connectivity index (χ3v) is 6.51. The van der Waals surface area contributed by atoms with Crippen LogP contribution in [0.3, 0.4) is 0 Å². The van der Waals surface area contributed by atoms with Gasteiger partial charge >= 0.3 is 0 Å². The molecule has 1 aliphatic rings. The fourth-order valence-corrected chi connectivity index (χ4v) is 4.84. The number of rotatable bonds is 9. The minimum Gasteiger partial charge on any atom is -0.494 e. The number of aliphatic hydroxyl groups excluding tert-OH is 1. The Balaban J connectivity index is 1.31. The van der Waals surface area contributed by atoms with Crippen molar-refractivity contribution >= 4 is 28.4 Å². The second-order valence-corrected chi connectivity index (χ2v) is 8.89. The summed E-state index contributed by atoms with van der Waals surface area (Å²) in [5, 5.41) is 12.0. The van der Waals surface area contributed by atoms with Crippen LogP contribution in [0.15, 0.2) is 85.1 Å². The van der Waals surface area contributed by atoms with E-state index in [4.69, 9.17) is 4.74 Å². The maximum atomic E-state index is 12.7. The Morgan fingerprint density at radius 3 is 2.63 bits per heavy atom. The maximum Gasteiger partial charge on any atom is 0.185 e. The lowest BCUT2D eigenvalue weighted by Crippen LogP contribution is -2.33. The Hall–Kier alpha value is -3.83. The van der Waals surface area contributed by atoms with Gasteiger partial charge in [0.15, 0.2) is 5.78 Å². The third kappa shape index (κ3) is 5.00. The smallest absolute Gasteiger partial charge is 0.185 e. The summed E-state index contributed by atoms with van der Waals surface area (Å²) in [5.74, 6) is 0.699. The Labute approximate surface area is 205 Å². The first-order valence-electron chi connectivity index (χ1n) is 12.2. The summed E-state index contributed by atoms with van der Waals surface area (Å²) >= 11 is 0. The molecule has 5 heteroatoms. The molecule has 1 aliphatic heterocycles. The number of nitrogens with zero attached hydrogens (tertiary/aromatic N) is 2. The van der Waals surface area contributed by atoms with Crippen LogP contribution >= 0.6 is 0 Å². The summed E-state index contributed by atoms with van der Waals surface area (Å²) in [6, 6.07) is 23.7. The molecule has 0 radical (unpaired) electrons. The number of carbonyl (C=O) groups is 1. The molecule has 1 N–H and O–H groups in total. The number of ketones is 1.